The van der Waals surface area contributed by atoms with E-state index in [1.807, 2.05) is 0 Å². The molecule has 1 atom stereocenters. The first-order valence-electron chi connectivity index (χ1n) is 11.9. The number of carboxylic acid groups (broad SMARTS) is 1. The van der Waals surface area contributed by atoms with Crippen molar-refractivity contribution in [2.75, 3.05) is 0 Å². The summed E-state index contributed by atoms with van der Waals surface area (Å²) < 4.78 is 15.0. The summed E-state index contributed by atoms with van der Waals surface area (Å²) in [6, 6.07) is 10.5. The molecule has 0 spiro atoms. The van der Waals surface area contributed by atoms with E-state index < -0.39 is 11.9 Å². The van der Waals surface area contributed by atoms with Gasteiger partial charge in [0.05, 0.1) is 17.8 Å². The van der Waals surface area contributed by atoms with Gasteiger partial charge < -0.3 is 15.3 Å². The Morgan fingerprint density at radius 1 is 1.08 bits per heavy atom. The smallest absolute Gasteiger partial charge is 0.335 e. The molecule has 1 aliphatic heterocycles. The molecule has 3 heterocycles. The minimum atomic E-state index is -0.978. The van der Waals surface area contributed by atoms with Crippen molar-refractivity contribution in [2.24, 2.45) is 0 Å². The highest BCUT2D eigenvalue weighted by atomic mass is 19.1. The third-order valence-corrected chi connectivity index (χ3v) is 7.22. The lowest BCUT2D eigenvalue weighted by atomic mass is 9.98. The lowest BCUT2D eigenvalue weighted by Crippen LogP contribution is -2.31. The number of carboxylic acids is 1. The molecule has 2 aromatic heterocycles. The first-order chi connectivity index (χ1) is 17.8. The van der Waals surface area contributed by atoms with Crippen LogP contribution >= 0.6 is 0 Å². The summed E-state index contributed by atoms with van der Waals surface area (Å²) in [6.45, 7) is 2.38. The van der Waals surface area contributed by atoms with Gasteiger partial charge in [-0.25, -0.2) is 18.7 Å². The first kappa shape index (κ1) is 22.8. The predicted molar refractivity (Wildman–Crippen MR) is 130 cm³/mol. The molecule has 2 amide bonds. The Morgan fingerprint density at radius 2 is 1.89 bits per heavy atom. The van der Waals surface area contributed by atoms with Gasteiger partial charge in [0.2, 0.25) is 0 Å². The van der Waals surface area contributed by atoms with Crippen molar-refractivity contribution in [2.45, 2.75) is 38.9 Å². The Kier molecular flexibility index (Phi) is 5.25. The van der Waals surface area contributed by atoms with Gasteiger partial charge in [-0.1, -0.05) is 12.1 Å². The average molecular weight is 500 g/mol. The lowest BCUT2D eigenvalue weighted by molar-refractivity contribution is 0.0694. The van der Waals surface area contributed by atoms with E-state index in [1.54, 1.807) is 36.1 Å². The van der Waals surface area contributed by atoms with E-state index in [4.69, 9.17) is 0 Å². The fourth-order valence-electron chi connectivity index (χ4n) is 5.35. The van der Waals surface area contributed by atoms with E-state index in [9.17, 15) is 23.9 Å². The van der Waals surface area contributed by atoms with Crippen molar-refractivity contribution in [1.29, 1.82) is 0 Å². The van der Waals surface area contributed by atoms with Crippen LogP contribution in [0.25, 0.3) is 5.65 Å². The molecule has 186 valence electrons. The number of halogens is 1. The second-order valence-corrected chi connectivity index (χ2v) is 9.38. The molecule has 0 bridgehead atoms. The van der Waals surface area contributed by atoms with E-state index in [0.717, 1.165) is 22.3 Å². The van der Waals surface area contributed by atoms with E-state index in [1.165, 1.54) is 28.9 Å². The van der Waals surface area contributed by atoms with Crippen molar-refractivity contribution in [3.63, 3.8) is 0 Å². The molecule has 0 unspecified atom stereocenters. The molecule has 2 N–H and O–H groups in total. The minimum absolute atomic E-state index is 0.0974. The molecule has 9 nitrogen and oxygen atoms in total. The molecule has 0 saturated heterocycles. The van der Waals surface area contributed by atoms with Gasteiger partial charge in [0, 0.05) is 25.2 Å². The Labute approximate surface area is 210 Å². The maximum Gasteiger partial charge on any atom is 0.335 e. The normalized spacial score (nSPS) is 16.1. The van der Waals surface area contributed by atoms with Gasteiger partial charge in [-0.3, -0.25) is 9.59 Å². The molecule has 4 aromatic rings. The molecular formula is C27H22FN5O4. The molecule has 2 aliphatic rings. The van der Waals surface area contributed by atoms with E-state index in [2.05, 4.69) is 15.4 Å². The van der Waals surface area contributed by atoms with E-state index >= 15 is 0 Å². The number of carbonyl (C=O) groups is 3. The average Bonchev–Trinajstić information content (AvgIpc) is 3.61. The second-order valence-electron chi connectivity index (χ2n) is 9.38. The standard InChI is InChI=1S/C27H22FN5O4/c1-14-18-6-7-21(20(18)5-4-19(14)27(36)37)31-25(34)23-11-22(30-24-8-9-29-33(23)24)26(35)32-12-15-2-3-17(28)10-16(15)13-32/h2-5,8-11,21H,6-7,12-13H2,1H3,(H,31,34)(H,36,37)/t21-/m0/s1. The number of aromatic nitrogens is 3. The molecule has 1 aliphatic carbocycles. The van der Waals surface area contributed by atoms with Crippen LogP contribution in [0.2, 0.25) is 0 Å². The number of aromatic carboxylic acids is 1. The summed E-state index contributed by atoms with van der Waals surface area (Å²) in [6.07, 6.45) is 2.79. The fourth-order valence-corrected chi connectivity index (χ4v) is 5.35. The second kappa shape index (κ2) is 8.51. The fraction of sp³-hybridized carbons (Fsp3) is 0.222. The number of rotatable bonds is 4. The number of hydrogen-bond acceptors (Lipinski definition) is 5. The maximum absolute atomic E-state index is 13.6. The highest BCUT2D eigenvalue weighted by Crippen LogP contribution is 2.35. The van der Waals surface area contributed by atoms with E-state index in [0.29, 0.717) is 30.6 Å². The number of hydrogen-bond donors (Lipinski definition) is 2. The van der Waals surface area contributed by atoms with Gasteiger partial charge in [-0.2, -0.15) is 5.10 Å². The third-order valence-electron chi connectivity index (χ3n) is 7.22. The minimum Gasteiger partial charge on any atom is -0.478 e. The Balaban J connectivity index is 1.28. The van der Waals surface area contributed by atoms with Gasteiger partial charge in [0.1, 0.15) is 17.2 Å². The van der Waals surface area contributed by atoms with Crippen LogP contribution in [0.15, 0.2) is 48.7 Å². The van der Waals surface area contributed by atoms with Crippen LogP contribution in [0.5, 0.6) is 0 Å². The Hall–Kier alpha value is -4.60. The quantitative estimate of drug-likeness (QED) is 0.444. The molecule has 10 heteroatoms. The van der Waals surface area contributed by atoms with Crippen molar-refractivity contribution >= 4 is 23.4 Å². The molecule has 0 radical (unpaired) electrons. The Bertz CT molecular complexity index is 1630. The summed E-state index contributed by atoms with van der Waals surface area (Å²) in [5, 5.41) is 16.6. The molecule has 0 fully saturated rings. The van der Waals surface area contributed by atoms with Crippen LogP contribution in [-0.4, -0.2) is 42.4 Å². The van der Waals surface area contributed by atoms with Crippen LogP contribution in [-0.2, 0) is 19.5 Å². The SMILES string of the molecule is Cc1c(C(=O)O)ccc2c1CC[C@@H]2NC(=O)c1cc(C(=O)N2Cc3ccc(F)cc3C2)nc2ccnn12. The first-order valence-corrected chi connectivity index (χ1v) is 11.9. The highest BCUT2D eigenvalue weighted by Gasteiger charge is 2.30. The zero-order valence-corrected chi connectivity index (χ0v) is 19.9. The van der Waals surface area contributed by atoms with Crippen molar-refractivity contribution in [1.82, 2.24) is 24.8 Å². The van der Waals surface area contributed by atoms with Gasteiger partial charge >= 0.3 is 5.97 Å². The monoisotopic (exact) mass is 499 g/mol. The van der Waals surface area contributed by atoms with Gasteiger partial charge in [0.15, 0.2) is 5.65 Å². The summed E-state index contributed by atoms with van der Waals surface area (Å²) in [5.41, 5.74) is 5.02. The van der Waals surface area contributed by atoms with Crippen LogP contribution < -0.4 is 5.32 Å². The highest BCUT2D eigenvalue weighted by molar-refractivity contribution is 5.98. The lowest BCUT2D eigenvalue weighted by Gasteiger charge is -2.18. The third kappa shape index (κ3) is 3.81. The zero-order chi connectivity index (χ0) is 25.8. The molecule has 0 saturated carbocycles. The predicted octanol–water partition coefficient (Wildman–Crippen LogP) is 3.45. The van der Waals surface area contributed by atoms with Crippen LogP contribution in [0.3, 0.4) is 0 Å². The van der Waals surface area contributed by atoms with Gasteiger partial charge in [0.25, 0.3) is 11.8 Å². The molecule has 6 rings (SSSR count). The Morgan fingerprint density at radius 3 is 2.70 bits per heavy atom. The topological polar surface area (TPSA) is 117 Å². The number of nitrogens with zero attached hydrogens (tertiary/aromatic N) is 4. The number of fused-ring (bicyclic) bond motifs is 3. The van der Waals surface area contributed by atoms with Crippen LogP contribution in [0.4, 0.5) is 4.39 Å². The van der Waals surface area contributed by atoms with Gasteiger partial charge in [-0.05, 0) is 65.8 Å². The number of nitrogens with one attached hydrogen (secondary N) is 1. The van der Waals surface area contributed by atoms with Crippen molar-refractivity contribution in [3.05, 3.63) is 99.2 Å². The summed E-state index contributed by atoms with van der Waals surface area (Å²) in [5.74, 6) is -2.12. The van der Waals surface area contributed by atoms with Gasteiger partial charge in [-0.15, -0.1) is 0 Å². The molecule has 2 aromatic carbocycles. The summed E-state index contributed by atoms with van der Waals surface area (Å²) in [4.78, 5) is 44.2. The van der Waals surface area contributed by atoms with Crippen LogP contribution in [0.1, 0.15) is 71.6 Å². The van der Waals surface area contributed by atoms with Crippen molar-refractivity contribution < 1.29 is 23.9 Å². The largest absolute Gasteiger partial charge is 0.478 e. The summed E-state index contributed by atoms with van der Waals surface area (Å²) in [7, 11) is 0. The van der Waals surface area contributed by atoms with Crippen LogP contribution in [0, 0.1) is 12.7 Å². The summed E-state index contributed by atoms with van der Waals surface area (Å²) >= 11 is 0. The number of amides is 2. The molecule has 37 heavy (non-hydrogen) atoms. The van der Waals surface area contributed by atoms with Crippen molar-refractivity contribution in [3.8, 4) is 0 Å². The molecular weight excluding hydrogens is 477 g/mol. The number of benzene rings is 2. The number of carbonyl (C=O) groups excluding carboxylic acids is 2. The zero-order valence-electron chi connectivity index (χ0n) is 19.9. The van der Waals surface area contributed by atoms with E-state index in [-0.39, 0.29) is 41.3 Å². The maximum atomic E-state index is 13.6.